The van der Waals surface area contributed by atoms with Crippen LogP contribution < -0.4 is 0 Å². The van der Waals surface area contributed by atoms with Crippen molar-refractivity contribution in [2.45, 2.75) is 40.7 Å². The first-order valence-corrected chi connectivity index (χ1v) is 8.89. The van der Waals surface area contributed by atoms with Crippen LogP contribution in [0.1, 0.15) is 34.6 Å². The van der Waals surface area contributed by atoms with Crippen molar-refractivity contribution in [3.63, 3.8) is 0 Å². The van der Waals surface area contributed by atoms with Gasteiger partial charge in [0, 0.05) is 5.41 Å². The molecule has 1 atom stereocenters. The zero-order valence-corrected chi connectivity index (χ0v) is 13.2. The van der Waals surface area contributed by atoms with Crippen molar-refractivity contribution >= 4 is 10.0 Å². The minimum atomic E-state index is -0.427. The summed E-state index contributed by atoms with van der Waals surface area (Å²) in [6.07, 6.45) is 7.28. The summed E-state index contributed by atoms with van der Waals surface area (Å²) in [5.41, 5.74) is 0.420. The molecule has 94 valence electrons. The van der Waals surface area contributed by atoms with Crippen LogP contribution in [0.15, 0.2) is 0 Å². The molecule has 0 saturated heterocycles. The molecule has 15 heavy (non-hydrogen) atoms. The van der Waals surface area contributed by atoms with Crippen LogP contribution in [-0.2, 0) is 0 Å². The first kappa shape index (κ1) is 15.3. The predicted octanol–water partition coefficient (Wildman–Crippen LogP) is 3.54. The molecule has 0 heterocycles. The Morgan fingerprint density at radius 2 is 1.47 bits per heavy atom. The highest BCUT2D eigenvalue weighted by Crippen LogP contribution is 2.40. The zero-order chi connectivity index (χ0) is 12.5. The van der Waals surface area contributed by atoms with E-state index in [1.165, 1.54) is 16.9 Å². The molecule has 0 fully saturated rings. The van der Waals surface area contributed by atoms with E-state index in [2.05, 4.69) is 60.4 Å². The maximum atomic E-state index is 2.43. The van der Waals surface area contributed by atoms with Crippen LogP contribution in [-0.4, -0.2) is 48.8 Å². The number of hydrogen-bond acceptors (Lipinski definition) is 0. The highest BCUT2D eigenvalue weighted by molar-refractivity contribution is 8.32. The molecular formula is C13H32NS+. The SMILES string of the molecule is CC(C)[N+](C)(CC(C)(C)C)CS(C)(C)C. The van der Waals surface area contributed by atoms with Gasteiger partial charge in [-0.15, -0.1) is 0 Å². The van der Waals surface area contributed by atoms with E-state index in [1.54, 1.807) is 0 Å². The highest BCUT2D eigenvalue weighted by atomic mass is 32.3. The van der Waals surface area contributed by atoms with Crippen LogP contribution >= 0.6 is 10.0 Å². The van der Waals surface area contributed by atoms with Crippen LogP contribution in [0.5, 0.6) is 0 Å². The molecule has 0 aromatic carbocycles. The van der Waals surface area contributed by atoms with E-state index in [4.69, 9.17) is 0 Å². The van der Waals surface area contributed by atoms with Crippen LogP contribution in [0.3, 0.4) is 0 Å². The second-order valence-corrected chi connectivity index (χ2v) is 12.0. The lowest BCUT2D eigenvalue weighted by Gasteiger charge is -2.47. The Morgan fingerprint density at radius 1 is 1.07 bits per heavy atom. The molecule has 0 aliphatic carbocycles. The maximum absolute atomic E-state index is 2.43. The van der Waals surface area contributed by atoms with Gasteiger partial charge in [0.05, 0.1) is 19.6 Å². The monoisotopic (exact) mass is 234 g/mol. The van der Waals surface area contributed by atoms with E-state index in [0.29, 0.717) is 5.41 Å². The average Bonchev–Trinajstić information content (AvgIpc) is 1.75. The van der Waals surface area contributed by atoms with Gasteiger partial charge >= 0.3 is 0 Å². The van der Waals surface area contributed by atoms with Crippen molar-refractivity contribution in [2.75, 3.05) is 38.2 Å². The fourth-order valence-electron chi connectivity index (χ4n) is 2.35. The Labute approximate surface area is 99.1 Å². The maximum Gasteiger partial charge on any atom is 0.109 e. The minimum Gasteiger partial charge on any atom is -0.316 e. The van der Waals surface area contributed by atoms with Crippen LogP contribution in [0.4, 0.5) is 0 Å². The van der Waals surface area contributed by atoms with Crippen molar-refractivity contribution in [1.29, 1.82) is 0 Å². The molecule has 0 saturated carbocycles. The second kappa shape index (κ2) is 4.67. The van der Waals surface area contributed by atoms with Crippen molar-refractivity contribution in [1.82, 2.24) is 0 Å². The Bertz CT molecular complexity index is 180. The van der Waals surface area contributed by atoms with Crippen molar-refractivity contribution in [2.24, 2.45) is 5.41 Å². The molecule has 0 amide bonds. The van der Waals surface area contributed by atoms with Crippen molar-refractivity contribution in [3.05, 3.63) is 0 Å². The summed E-state index contributed by atoms with van der Waals surface area (Å²) in [6, 6.07) is 0.718. The van der Waals surface area contributed by atoms with Gasteiger partial charge in [0.1, 0.15) is 5.88 Å². The fourth-order valence-corrected chi connectivity index (χ4v) is 4.50. The quantitative estimate of drug-likeness (QED) is 0.653. The van der Waals surface area contributed by atoms with Crippen LogP contribution in [0.2, 0.25) is 0 Å². The molecule has 0 radical (unpaired) electrons. The van der Waals surface area contributed by atoms with Gasteiger partial charge in [0.25, 0.3) is 0 Å². The summed E-state index contributed by atoms with van der Waals surface area (Å²) in [6.45, 7) is 13.0. The topological polar surface area (TPSA) is 0 Å². The van der Waals surface area contributed by atoms with Crippen molar-refractivity contribution < 1.29 is 4.48 Å². The molecule has 0 aliphatic rings. The molecule has 0 spiro atoms. The molecule has 0 N–H and O–H groups in total. The van der Waals surface area contributed by atoms with E-state index < -0.39 is 10.0 Å². The van der Waals surface area contributed by atoms with E-state index in [-0.39, 0.29) is 0 Å². The lowest BCUT2D eigenvalue weighted by atomic mass is 9.94. The molecule has 1 nitrogen and oxygen atoms in total. The number of quaternary nitrogens is 1. The Morgan fingerprint density at radius 3 is 1.67 bits per heavy atom. The van der Waals surface area contributed by atoms with E-state index in [9.17, 15) is 0 Å². The number of hydrogen-bond donors (Lipinski definition) is 0. The molecule has 0 bridgehead atoms. The smallest absolute Gasteiger partial charge is 0.109 e. The molecule has 0 rings (SSSR count). The van der Waals surface area contributed by atoms with E-state index >= 15 is 0 Å². The van der Waals surface area contributed by atoms with Crippen LogP contribution in [0.25, 0.3) is 0 Å². The van der Waals surface area contributed by atoms with Gasteiger partial charge < -0.3 is 4.48 Å². The van der Waals surface area contributed by atoms with Crippen molar-refractivity contribution in [3.8, 4) is 0 Å². The molecule has 2 heteroatoms. The minimum absolute atomic E-state index is 0.420. The third-order valence-electron chi connectivity index (χ3n) is 2.76. The van der Waals surface area contributed by atoms with Gasteiger partial charge in [-0.05, 0) is 32.6 Å². The first-order chi connectivity index (χ1) is 6.36. The van der Waals surface area contributed by atoms with Gasteiger partial charge in [-0.25, -0.2) is 10.0 Å². The molecule has 0 aliphatic heterocycles. The Balaban J connectivity index is 4.76. The predicted molar refractivity (Wildman–Crippen MR) is 75.9 cm³/mol. The lowest BCUT2D eigenvalue weighted by Crippen LogP contribution is -2.55. The third-order valence-corrected chi connectivity index (χ3v) is 4.13. The van der Waals surface area contributed by atoms with Gasteiger partial charge in [-0.3, -0.25) is 0 Å². The van der Waals surface area contributed by atoms with E-state index in [0.717, 1.165) is 6.04 Å². The fraction of sp³-hybridized carbons (Fsp3) is 1.00. The van der Waals surface area contributed by atoms with Gasteiger partial charge in [0.15, 0.2) is 0 Å². The Hall–Kier alpha value is 0.310. The number of nitrogens with zero attached hydrogens (tertiary/aromatic N) is 1. The standard InChI is InChI=1S/C13H32NS/c1-12(2)14(6,10-13(3,4)5)11-15(7,8)9/h12H,10-11H2,1-9H3/q+1. The summed E-state index contributed by atoms with van der Waals surface area (Å²) >= 11 is 0. The highest BCUT2D eigenvalue weighted by Gasteiger charge is 2.33. The Kier molecular flexibility index (Phi) is 4.76. The first-order valence-electron chi connectivity index (χ1n) is 5.86. The van der Waals surface area contributed by atoms with Gasteiger partial charge in [-0.2, -0.15) is 0 Å². The molecule has 1 unspecified atom stereocenters. The number of rotatable bonds is 4. The molecular weight excluding hydrogens is 202 g/mol. The second-order valence-electron chi connectivity index (χ2n) is 7.51. The summed E-state index contributed by atoms with van der Waals surface area (Å²) in [7, 11) is 2.00. The summed E-state index contributed by atoms with van der Waals surface area (Å²) in [4.78, 5) is 0. The normalized spacial score (nSPS) is 19.1. The summed E-state index contributed by atoms with van der Waals surface area (Å²) in [5, 5.41) is 0. The van der Waals surface area contributed by atoms with Crippen LogP contribution in [0, 0.1) is 5.41 Å². The summed E-state index contributed by atoms with van der Waals surface area (Å²) < 4.78 is 1.21. The molecule has 0 aromatic rings. The lowest BCUT2D eigenvalue weighted by molar-refractivity contribution is -0.923. The largest absolute Gasteiger partial charge is 0.316 e. The van der Waals surface area contributed by atoms with E-state index in [1.807, 2.05) is 0 Å². The average molecular weight is 234 g/mol. The van der Waals surface area contributed by atoms with Gasteiger partial charge in [-0.1, -0.05) is 20.8 Å². The third kappa shape index (κ3) is 6.47. The molecule has 0 aromatic heterocycles. The van der Waals surface area contributed by atoms with Gasteiger partial charge in [0.2, 0.25) is 0 Å². The zero-order valence-electron chi connectivity index (χ0n) is 12.3. The summed E-state index contributed by atoms with van der Waals surface area (Å²) in [5.74, 6) is 1.34.